The van der Waals surface area contributed by atoms with Crippen LogP contribution < -0.4 is 11.1 Å². The third-order valence-electron chi connectivity index (χ3n) is 2.61. The summed E-state index contributed by atoms with van der Waals surface area (Å²) in [7, 11) is 0. The van der Waals surface area contributed by atoms with E-state index < -0.39 is 11.7 Å². The summed E-state index contributed by atoms with van der Waals surface area (Å²) in [6.07, 6.45) is 0. The largest absolute Gasteiger partial charge is 0.398 e. The molecule has 0 aliphatic carbocycles. The van der Waals surface area contributed by atoms with Crippen LogP contribution >= 0.6 is 15.9 Å². The molecule has 20 heavy (non-hydrogen) atoms. The lowest BCUT2D eigenvalue weighted by molar-refractivity contribution is 0.102. The van der Waals surface area contributed by atoms with Gasteiger partial charge >= 0.3 is 0 Å². The van der Waals surface area contributed by atoms with Crippen LogP contribution in [0.25, 0.3) is 0 Å². The molecule has 0 saturated carbocycles. The number of nitriles is 1. The molecular weight excluding hydrogens is 325 g/mol. The number of hydrogen-bond acceptors (Lipinski definition) is 3. The van der Waals surface area contributed by atoms with Crippen molar-refractivity contribution < 1.29 is 9.18 Å². The maximum Gasteiger partial charge on any atom is 0.257 e. The molecule has 0 spiro atoms. The van der Waals surface area contributed by atoms with Gasteiger partial charge in [0, 0.05) is 10.2 Å². The minimum absolute atomic E-state index is 0.0380. The first-order valence-corrected chi connectivity index (χ1v) is 6.36. The molecule has 0 aromatic heterocycles. The number of nitrogens with zero attached hydrogens (tertiary/aromatic N) is 1. The lowest BCUT2D eigenvalue weighted by Gasteiger charge is -2.09. The van der Waals surface area contributed by atoms with Crippen LogP contribution in [0.5, 0.6) is 0 Å². The normalized spacial score (nSPS) is 9.85. The Morgan fingerprint density at radius 2 is 2.05 bits per heavy atom. The molecular formula is C14H9BrFN3O. The van der Waals surface area contributed by atoms with Gasteiger partial charge in [0.25, 0.3) is 5.91 Å². The summed E-state index contributed by atoms with van der Waals surface area (Å²) in [5, 5.41) is 11.6. The fraction of sp³-hybridized carbons (Fsp3) is 0. The van der Waals surface area contributed by atoms with Crippen molar-refractivity contribution in [3.63, 3.8) is 0 Å². The van der Waals surface area contributed by atoms with E-state index in [0.717, 1.165) is 16.6 Å². The molecule has 0 radical (unpaired) electrons. The lowest BCUT2D eigenvalue weighted by Crippen LogP contribution is -2.15. The van der Waals surface area contributed by atoms with Crippen LogP contribution in [0, 0.1) is 17.1 Å². The highest BCUT2D eigenvalue weighted by atomic mass is 79.9. The smallest absolute Gasteiger partial charge is 0.257 e. The van der Waals surface area contributed by atoms with Gasteiger partial charge in [0.15, 0.2) is 0 Å². The summed E-state index contributed by atoms with van der Waals surface area (Å²) in [4.78, 5) is 12.1. The topological polar surface area (TPSA) is 78.9 Å². The summed E-state index contributed by atoms with van der Waals surface area (Å²) >= 11 is 3.26. The second kappa shape index (κ2) is 5.72. The molecule has 0 unspecified atom stereocenters. The van der Waals surface area contributed by atoms with Gasteiger partial charge in [0.1, 0.15) is 11.9 Å². The zero-order valence-corrected chi connectivity index (χ0v) is 11.7. The van der Waals surface area contributed by atoms with Gasteiger partial charge in [-0.3, -0.25) is 4.79 Å². The average molecular weight is 334 g/mol. The van der Waals surface area contributed by atoms with Crippen molar-refractivity contribution in [3.8, 4) is 6.07 Å². The molecule has 0 heterocycles. The standard InChI is InChI=1S/C14H9BrFN3O/c15-9-2-1-8(7-17)13(5-9)19-14(20)11-4-3-10(16)6-12(11)18/h1-6H,18H2,(H,19,20). The maximum absolute atomic E-state index is 12.9. The Labute approximate surface area is 123 Å². The Morgan fingerprint density at radius 3 is 2.70 bits per heavy atom. The Hall–Kier alpha value is -2.39. The average Bonchev–Trinajstić information content (AvgIpc) is 2.38. The van der Waals surface area contributed by atoms with Crippen LogP contribution in [0.3, 0.4) is 0 Å². The van der Waals surface area contributed by atoms with Crippen LogP contribution in [0.15, 0.2) is 40.9 Å². The molecule has 6 heteroatoms. The van der Waals surface area contributed by atoms with Crippen LogP contribution in [-0.2, 0) is 0 Å². The molecule has 4 nitrogen and oxygen atoms in total. The van der Waals surface area contributed by atoms with Crippen LogP contribution in [0.2, 0.25) is 0 Å². The van der Waals surface area contributed by atoms with Gasteiger partial charge in [0.05, 0.1) is 16.8 Å². The molecule has 0 aliphatic heterocycles. The highest BCUT2D eigenvalue weighted by Crippen LogP contribution is 2.22. The van der Waals surface area contributed by atoms with Crippen molar-refractivity contribution in [2.75, 3.05) is 11.1 Å². The van der Waals surface area contributed by atoms with Crippen molar-refractivity contribution >= 4 is 33.2 Å². The van der Waals surface area contributed by atoms with Gasteiger partial charge < -0.3 is 11.1 Å². The summed E-state index contributed by atoms with van der Waals surface area (Å²) in [5.41, 5.74) is 6.47. The number of halogens is 2. The first kappa shape index (κ1) is 14.0. The number of nitrogen functional groups attached to an aromatic ring is 1. The number of hydrogen-bond donors (Lipinski definition) is 2. The Balaban J connectivity index is 2.33. The molecule has 0 saturated heterocycles. The number of carbonyl (C=O) groups excluding carboxylic acids is 1. The molecule has 2 aromatic carbocycles. The summed E-state index contributed by atoms with van der Waals surface area (Å²) < 4.78 is 13.7. The third-order valence-corrected chi connectivity index (χ3v) is 3.10. The molecule has 2 rings (SSSR count). The van der Waals surface area contributed by atoms with E-state index in [9.17, 15) is 9.18 Å². The predicted molar refractivity (Wildman–Crippen MR) is 77.6 cm³/mol. The van der Waals surface area contributed by atoms with Crippen molar-refractivity contribution in [2.24, 2.45) is 0 Å². The number of nitrogens with one attached hydrogen (secondary N) is 1. The van der Waals surface area contributed by atoms with Crippen LogP contribution in [0.1, 0.15) is 15.9 Å². The maximum atomic E-state index is 12.9. The number of benzene rings is 2. The van der Waals surface area contributed by atoms with Crippen molar-refractivity contribution in [1.29, 1.82) is 5.26 Å². The van der Waals surface area contributed by atoms with Crippen molar-refractivity contribution in [1.82, 2.24) is 0 Å². The van der Waals surface area contributed by atoms with E-state index in [2.05, 4.69) is 21.2 Å². The molecule has 100 valence electrons. The fourth-order valence-electron chi connectivity index (χ4n) is 1.65. The summed E-state index contributed by atoms with van der Waals surface area (Å²) in [5.74, 6) is -1.02. The SMILES string of the molecule is N#Cc1ccc(Br)cc1NC(=O)c1ccc(F)cc1N. The first-order valence-electron chi connectivity index (χ1n) is 5.57. The van der Waals surface area contributed by atoms with Crippen LogP contribution in [-0.4, -0.2) is 5.91 Å². The Morgan fingerprint density at radius 1 is 1.30 bits per heavy atom. The summed E-state index contributed by atoms with van der Waals surface area (Å²) in [6.45, 7) is 0. The van der Waals surface area contributed by atoms with E-state index in [0.29, 0.717) is 11.3 Å². The zero-order valence-electron chi connectivity index (χ0n) is 10.2. The van der Waals surface area contributed by atoms with E-state index in [1.165, 1.54) is 6.07 Å². The minimum Gasteiger partial charge on any atom is -0.398 e. The van der Waals surface area contributed by atoms with Crippen molar-refractivity contribution in [2.45, 2.75) is 0 Å². The molecule has 0 aliphatic rings. The number of anilines is 2. The highest BCUT2D eigenvalue weighted by Gasteiger charge is 2.13. The molecule has 3 N–H and O–H groups in total. The quantitative estimate of drug-likeness (QED) is 0.827. The second-order valence-corrected chi connectivity index (χ2v) is 4.90. The van der Waals surface area contributed by atoms with E-state index in [1.807, 2.05) is 6.07 Å². The number of carbonyl (C=O) groups is 1. The Bertz CT molecular complexity index is 725. The van der Waals surface area contributed by atoms with Gasteiger partial charge in [-0.25, -0.2) is 4.39 Å². The molecule has 0 bridgehead atoms. The minimum atomic E-state index is -0.515. The van der Waals surface area contributed by atoms with Crippen LogP contribution in [0.4, 0.5) is 15.8 Å². The first-order chi connectivity index (χ1) is 9.51. The predicted octanol–water partition coefficient (Wildman–Crippen LogP) is 3.29. The van der Waals surface area contributed by atoms with E-state index in [4.69, 9.17) is 11.0 Å². The molecule has 0 fully saturated rings. The highest BCUT2D eigenvalue weighted by molar-refractivity contribution is 9.10. The fourth-order valence-corrected chi connectivity index (χ4v) is 2.01. The van der Waals surface area contributed by atoms with E-state index in [-0.39, 0.29) is 11.3 Å². The van der Waals surface area contributed by atoms with Gasteiger partial charge in [-0.05, 0) is 36.4 Å². The zero-order chi connectivity index (χ0) is 14.7. The Kier molecular flexibility index (Phi) is 4.01. The second-order valence-electron chi connectivity index (χ2n) is 3.99. The van der Waals surface area contributed by atoms with Gasteiger partial charge in [-0.1, -0.05) is 15.9 Å². The molecule has 2 aromatic rings. The lowest BCUT2D eigenvalue weighted by atomic mass is 10.1. The van der Waals surface area contributed by atoms with Gasteiger partial charge in [-0.15, -0.1) is 0 Å². The van der Waals surface area contributed by atoms with Gasteiger partial charge in [-0.2, -0.15) is 5.26 Å². The van der Waals surface area contributed by atoms with E-state index in [1.54, 1.807) is 18.2 Å². The monoisotopic (exact) mass is 333 g/mol. The number of rotatable bonds is 2. The molecule has 0 atom stereocenters. The van der Waals surface area contributed by atoms with E-state index >= 15 is 0 Å². The molecule has 1 amide bonds. The van der Waals surface area contributed by atoms with Gasteiger partial charge in [0.2, 0.25) is 0 Å². The summed E-state index contributed by atoms with van der Waals surface area (Å²) in [6, 6.07) is 10.4. The number of nitrogens with two attached hydrogens (primary N) is 1. The number of amides is 1. The van der Waals surface area contributed by atoms with Crippen molar-refractivity contribution in [3.05, 3.63) is 57.8 Å². The third kappa shape index (κ3) is 2.95.